The molecule has 0 unspecified atom stereocenters. The Kier molecular flexibility index (Phi) is 8.50. The number of ether oxygens (including phenoxy) is 1. The third-order valence-corrected chi connectivity index (χ3v) is 4.76. The van der Waals surface area contributed by atoms with Crippen LogP contribution in [0.1, 0.15) is 24.8 Å². The third-order valence-electron chi connectivity index (χ3n) is 4.76. The Morgan fingerprint density at radius 3 is 2.41 bits per heavy atom. The molecule has 3 rings (SSSR count). The van der Waals surface area contributed by atoms with E-state index in [9.17, 15) is 14.9 Å². The molecule has 0 aliphatic heterocycles. The second kappa shape index (κ2) is 12.0. The normalized spacial score (nSPS) is 10.8. The fourth-order valence-electron chi connectivity index (χ4n) is 3.02. The molecule has 0 spiro atoms. The van der Waals surface area contributed by atoms with Crippen molar-refractivity contribution >= 4 is 23.6 Å². The minimum Gasteiger partial charge on any atom is -0.463 e. The third kappa shape index (κ3) is 7.36. The zero-order valence-corrected chi connectivity index (χ0v) is 17.6. The van der Waals surface area contributed by atoms with Crippen molar-refractivity contribution in [3.05, 3.63) is 94.7 Å². The number of nitrogens with one attached hydrogen (secondary N) is 1. The van der Waals surface area contributed by atoms with Crippen LogP contribution in [0, 0.1) is 10.1 Å². The number of carbonyl (C=O) groups is 1. The lowest BCUT2D eigenvalue weighted by Gasteiger charge is -2.05. The molecule has 7 heteroatoms. The van der Waals surface area contributed by atoms with Gasteiger partial charge in [0.15, 0.2) is 0 Å². The van der Waals surface area contributed by atoms with E-state index in [4.69, 9.17) is 4.74 Å². The van der Waals surface area contributed by atoms with Gasteiger partial charge in [0.1, 0.15) is 12.0 Å². The van der Waals surface area contributed by atoms with Gasteiger partial charge in [-0.3, -0.25) is 10.1 Å². The van der Waals surface area contributed by atoms with Crippen molar-refractivity contribution in [1.82, 2.24) is 4.98 Å². The van der Waals surface area contributed by atoms with E-state index >= 15 is 0 Å². The highest BCUT2D eigenvalue weighted by atomic mass is 16.6. The summed E-state index contributed by atoms with van der Waals surface area (Å²) in [6.07, 6.45) is 6.95. The maximum atomic E-state index is 11.9. The van der Waals surface area contributed by atoms with Crippen LogP contribution in [-0.2, 0) is 9.53 Å². The summed E-state index contributed by atoms with van der Waals surface area (Å²) in [5.74, 6) is 0.245. The fourth-order valence-corrected chi connectivity index (χ4v) is 3.02. The molecule has 0 bridgehead atoms. The number of unbranched alkanes of at least 4 members (excludes halogenated alkanes) is 2. The number of esters is 1. The van der Waals surface area contributed by atoms with Crippen LogP contribution in [0.25, 0.3) is 17.2 Å². The van der Waals surface area contributed by atoms with Crippen molar-refractivity contribution in [3.63, 3.8) is 0 Å². The Morgan fingerprint density at radius 1 is 0.969 bits per heavy atom. The van der Waals surface area contributed by atoms with Crippen LogP contribution in [0.4, 0.5) is 11.5 Å². The number of nitro groups is 1. The van der Waals surface area contributed by atoms with Crippen molar-refractivity contribution in [1.29, 1.82) is 0 Å². The monoisotopic (exact) mass is 431 g/mol. The van der Waals surface area contributed by atoms with Gasteiger partial charge >= 0.3 is 5.97 Å². The second-order valence-electron chi connectivity index (χ2n) is 7.14. The highest BCUT2D eigenvalue weighted by molar-refractivity contribution is 5.87. The van der Waals surface area contributed by atoms with E-state index in [1.54, 1.807) is 12.1 Å². The number of anilines is 1. The van der Waals surface area contributed by atoms with Crippen LogP contribution in [0.5, 0.6) is 0 Å². The Labute approximate surface area is 186 Å². The summed E-state index contributed by atoms with van der Waals surface area (Å²) in [7, 11) is 0. The summed E-state index contributed by atoms with van der Waals surface area (Å²) in [5.41, 5.74) is 3.19. The lowest BCUT2D eigenvalue weighted by Crippen LogP contribution is -2.05. The molecule has 0 saturated heterocycles. The highest BCUT2D eigenvalue weighted by Gasteiger charge is 2.04. The predicted octanol–water partition coefficient (Wildman–Crippen LogP) is 5.50. The van der Waals surface area contributed by atoms with E-state index in [1.807, 2.05) is 42.5 Å². The number of benzene rings is 2. The molecule has 3 aromatic rings. The summed E-state index contributed by atoms with van der Waals surface area (Å²) >= 11 is 0. The number of nitrogens with zero attached hydrogens (tertiary/aromatic N) is 2. The average molecular weight is 431 g/mol. The molecule has 0 atom stereocenters. The van der Waals surface area contributed by atoms with Gasteiger partial charge in [-0.2, -0.15) is 0 Å². The van der Waals surface area contributed by atoms with Gasteiger partial charge in [0.2, 0.25) is 0 Å². The summed E-state index contributed by atoms with van der Waals surface area (Å²) in [4.78, 5) is 26.0. The van der Waals surface area contributed by atoms with Crippen LogP contribution in [0.2, 0.25) is 0 Å². The van der Waals surface area contributed by atoms with E-state index in [0.717, 1.165) is 36.0 Å². The molecule has 0 radical (unpaired) electrons. The van der Waals surface area contributed by atoms with Gasteiger partial charge in [0.05, 0.1) is 11.5 Å². The second-order valence-corrected chi connectivity index (χ2v) is 7.14. The van der Waals surface area contributed by atoms with Crippen molar-refractivity contribution < 1.29 is 14.5 Å². The molecule has 1 heterocycles. The van der Waals surface area contributed by atoms with Gasteiger partial charge in [-0.1, -0.05) is 54.6 Å². The minimum atomic E-state index is -0.477. The average Bonchev–Trinajstić information content (AvgIpc) is 2.83. The van der Waals surface area contributed by atoms with Gasteiger partial charge < -0.3 is 10.1 Å². The summed E-state index contributed by atoms with van der Waals surface area (Å²) in [6.45, 7) is 1.06. The Balaban J connectivity index is 1.29. The first-order chi connectivity index (χ1) is 15.6. The summed E-state index contributed by atoms with van der Waals surface area (Å²) < 4.78 is 5.23. The van der Waals surface area contributed by atoms with Gasteiger partial charge in [-0.15, -0.1) is 0 Å². The Morgan fingerprint density at radius 2 is 1.72 bits per heavy atom. The molecule has 7 nitrogen and oxygen atoms in total. The number of aromatic nitrogens is 1. The Hall–Kier alpha value is -4.00. The SMILES string of the molecule is O=C(/C=C/c1ccc(-c2ccccc2)cc1)OCCCCCNc1ccc([N+](=O)[O-])cn1. The van der Waals surface area contributed by atoms with Crippen LogP contribution < -0.4 is 5.32 Å². The molecule has 0 fully saturated rings. The lowest BCUT2D eigenvalue weighted by atomic mass is 10.0. The maximum absolute atomic E-state index is 11.9. The zero-order valence-electron chi connectivity index (χ0n) is 17.6. The number of hydrogen-bond acceptors (Lipinski definition) is 6. The number of hydrogen-bond donors (Lipinski definition) is 1. The van der Waals surface area contributed by atoms with E-state index in [1.165, 1.54) is 18.3 Å². The molecule has 2 aromatic carbocycles. The smallest absolute Gasteiger partial charge is 0.330 e. The number of pyridine rings is 1. The molecular formula is C25H25N3O4. The van der Waals surface area contributed by atoms with Crippen LogP contribution in [0.15, 0.2) is 79.0 Å². The van der Waals surface area contributed by atoms with Crippen LogP contribution in [0.3, 0.4) is 0 Å². The van der Waals surface area contributed by atoms with E-state index in [2.05, 4.69) is 22.4 Å². The molecular weight excluding hydrogens is 406 g/mol. The highest BCUT2D eigenvalue weighted by Crippen LogP contribution is 2.19. The first-order valence-corrected chi connectivity index (χ1v) is 10.5. The van der Waals surface area contributed by atoms with Crippen molar-refractivity contribution in [2.75, 3.05) is 18.5 Å². The minimum absolute atomic E-state index is 0.0318. The number of carbonyl (C=O) groups excluding carboxylic acids is 1. The van der Waals surface area contributed by atoms with E-state index in [0.29, 0.717) is 19.0 Å². The summed E-state index contributed by atoms with van der Waals surface area (Å²) in [6, 6.07) is 21.1. The maximum Gasteiger partial charge on any atom is 0.330 e. The zero-order chi connectivity index (χ0) is 22.6. The Bertz CT molecular complexity index is 1030. The molecule has 1 N–H and O–H groups in total. The lowest BCUT2D eigenvalue weighted by molar-refractivity contribution is -0.385. The summed E-state index contributed by atoms with van der Waals surface area (Å²) in [5, 5.41) is 13.7. The predicted molar refractivity (Wildman–Crippen MR) is 125 cm³/mol. The molecule has 0 amide bonds. The van der Waals surface area contributed by atoms with Crippen molar-refractivity contribution in [3.8, 4) is 11.1 Å². The largest absolute Gasteiger partial charge is 0.463 e. The first-order valence-electron chi connectivity index (χ1n) is 10.5. The molecule has 0 aliphatic rings. The standard InChI is InChI=1S/C25H25N3O4/c29-25(16-11-20-9-12-22(13-10-20)21-7-3-1-4-8-21)32-18-6-2-5-17-26-24-15-14-23(19-27-24)28(30)31/h1,3-4,7-16,19H,2,5-6,17-18H2,(H,26,27)/b16-11+. The van der Waals surface area contributed by atoms with Gasteiger partial charge in [-0.05, 0) is 48.1 Å². The molecule has 0 saturated carbocycles. The molecule has 0 aliphatic carbocycles. The fraction of sp³-hybridized carbons (Fsp3) is 0.200. The van der Waals surface area contributed by atoms with Gasteiger partial charge in [0, 0.05) is 18.7 Å². The quantitative estimate of drug-likeness (QED) is 0.142. The number of rotatable bonds is 11. The van der Waals surface area contributed by atoms with Crippen LogP contribution in [-0.4, -0.2) is 29.0 Å². The van der Waals surface area contributed by atoms with Crippen molar-refractivity contribution in [2.45, 2.75) is 19.3 Å². The first kappa shape index (κ1) is 22.7. The molecule has 164 valence electrons. The molecule has 1 aromatic heterocycles. The topological polar surface area (TPSA) is 94.4 Å². The van der Waals surface area contributed by atoms with Gasteiger partial charge in [-0.25, -0.2) is 9.78 Å². The van der Waals surface area contributed by atoms with E-state index < -0.39 is 4.92 Å². The van der Waals surface area contributed by atoms with Crippen LogP contribution >= 0.6 is 0 Å². The van der Waals surface area contributed by atoms with Gasteiger partial charge in [0.25, 0.3) is 5.69 Å². The molecule has 32 heavy (non-hydrogen) atoms. The van der Waals surface area contributed by atoms with Crippen molar-refractivity contribution in [2.24, 2.45) is 0 Å². The van der Waals surface area contributed by atoms with E-state index in [-0.39, 0.29) is 11.7 Å².